The molecule has 0 N–H and O–H groups in total. The summed E-state index contributed by atoms with van der Waals surface area (Å²) in [6.07, 6.45) is 5.10. The van der Waals surface area contributed by atoms with E-state index in [0.717, 1.165) is 40.3 Å². The first-order valence-electron chi connectivity index (χ1n) is 17.2. The number of pyridine rings is 1. The van der Waals surface area contributed by atoms with Crippen LogP contribution in [-0.4, -0.2) is 26.4 Å². The third-order valence-electron chi connectivity index (χ3n) is 10.2. The van der Waals surface area contributed by atoms with Crippen molar-refractivity contribution in [2.24, 2.45) is 4.99 Å². The fourth-order valence-electron chi connectivity index (χ4n) is 7.69. The van der Waals surface area contributed by atoms with Crippen LogP contribution in [-0.2, 0) is 0 Å². The molecule has 0 radical (unpaired) electrons. The summed E-state index contributed by atoms with van der Waals surface area (Å²) in [6, 6.07) is 56.4. The van der Waals surface area contributed by atoms with Gasteiger partial charge in [0.15, 0.2) is 0 Å². The monoisotopic (exact) mass is 640 g/mol. The molecule has 0 bridgehead atoms. The minimum absolute atomic E-state index is 0.651. The number of rotatable bonds is 5. The number of dihydropyridines is 1. The van der Waals surface area contributed by atoms with Gasteiger partial charge in [-0.3, -0.25) is 9.98 Å². The molecular weight excluding hydrogens is 609 g/mol. The number of aliphatic imine (C=N–C) groups is 1. The summed E-state index contributed by atoms with van der Waals surface area (Å²) in [7, 11) is 0. The summed E-state index contributed by atoms with van der Waals surface area (Å²) in [5.41, 5.74) is 13.9. The Bertz CT molecular complexity index is 2670. The van der Waals surface area contributed by atoms with E-state index in [4.69, 9.17) is 9.98 Å². The zero-order valence-corrected chi connectivity index (χ0v) is 27.4. The van der Waals surface area contributed by atoms with Crippen LogP contribution in [0.25, 0.3) is 71.8 Å². The standard InChI is InChI=1S/C46H32N4/c1-5-13-43-37(9-1)38-10-2-6-14-44(38)49(43)35-23-17-31(18-24-35)41-27-21-33(29-47-41)34-22-28-42(48-30-34)32-19-25-36(26-20-32)50-45-15-7-3-11-39(45)40-12-4-8-16-46(40)50/h1-27,29H,28,30H2. The van der Waals surface area contributed by atoms with Crippen LogP contribution in [0, 0.1) is 0 Å². The van der Waals surface area contributed by atoms with Gasteiger partial charge < -0.3 is 9.13 Å². The van der Waals surface area contributed by atoms with Crippen molar-refractivity contribution in [1.82, 2.24) is 14.1 Å². The number of hydrogen-bond acceptors (Lipinski definition) is 2. The molecule has 236 valence electrons. The van der Waals surface area contributed by atoms with Crippen molar-refractivity contribution in [2.75, 3.05) is 6.54 Å². The lowest BCUT2D eigenvalue weighted by atomic mass is 9.98. The van der Waals surface area contributed by atoms with Gasteiger partial charge in [0.2, 0.25) is 0 Å². The second-order valence-electron chi connectivity index (χ2n) is 13.0. The highest BCUT2D eigenvalue weighted by atomic mass is 15.0. The summed E-state index contributed by atoms with van der Waals surface area (Å²) >= 11 is 0. The molecule has 0 aliphatic carbocycles. The maximum atomic E-state index is 5.02. The van der Waals surface area contributed by atoms with Crippen LogP contribution < -0.4 is 0 Å². The molecule has 9 aromatic rings. The van der Waals surface area contributed by atoms with Crippen LogP contribution in [0.15, 0.2) is 175 Å². The summed E-state index contributed by atoms with van der Waals surface area (Å²) in [5.74, 6) is 0. The molecule has 50 heavy (non-hydrogen) atoms. The topological polar surface area (TPSA) is 35.1 Å². The first kappa shape index (κ1) is 28.5. The third-order valence-corrected chi connectivity index (χ3v) is 10.2. The second kappa shape index (κ2) is 11.6. The van der Waals surface area contributed by atoms with Crippen LogP contribution in [0.2, 0.25) is 0 Å². The number of hydrogen-bond donors (Lipinski definition) is 0. The van der Waals surface area contributed by atoms with Crippen molar-refractivity contribution in [1.29, 1.82) is 0 Å². The molecule has 4 heterocycles. The number of fused-ring (bicyclic) bond motifs is 6. The Kier molecular flexibility index (Phi) is 6.59. The Morgan fingerprint density at radius 3 is 1.28 bits per heavy atom. The molecule has 0 fully saturated rings. The molecule has 0 atom stereocenters. The van der Waals surface area contributed by atoms with E-state index in [1.165, 1.54) is 54.7 Å². The normalized spacial score (nSPS) is 13.3. The third kappa shape index (κ3) is 4.61. The van der Waals surface area contributed by atoms with Crippen LogP contribution in [0.4, 0.5) is 0 Å². The Balaban J connectivity index is 0.862. The van der Waals surface area contributed by atoms with Crippen molar-refractivity contribution < 1.29 is 0 Å². The van der Waals surface area contributed by atoms with Crippen molar-refractivity contribution in [3.63, 3.8) is 0 Å². The van der Waals surface area contributed by atoms with E-state index < -0.39 is 0 Å². The van der Waals surface area contributed by atoms with Crippen molar-refractivity contribution in [2.45, 2.75) is 6.42 Å². The predicted octanol–water partition coefficient (Wildman–Crippen LogP) is 11.2. The Morgan fingerprint density at radius 1 is 0.420 bits per heavy atom. The van der Waals surface area contributed by atoms with E-state index in [-0.39, 0.29) is 0 Å². The van der Waals surface area contributed by atoms with E-state index in [9.17, 15) is 0 Å². The van der Waals surface area contributed by atoms with Crippen molar-refractivity contribution in [3.05, 3.63) is 181 Å². The lowest BCUT2D eigenvalue weighted by Crippen LogP contribution is -2.07. The van der Waals surface area contributed by atoms with Gasteiger partial charge in [0, 0.05) is 56.8 Å². The fraction of sp³-hybridized carbons (Fsp3) is 0.0435. The van der Waals surface area contributed by atoms with Crippen LogP contribution in [0.3, 0.4) is 0 Å². The Labute approximate surface area is 289 Å². The molecule has 4 heteroatoms. The van der Waals surface area contributed by atoms with Crippen molar-refractivity contribution in [3.8, 4) is 22.6 Å². The highest BCUT2D eigenvalue weighted by Crippen LogP contribution is 2.34. The number of para-hydroxylation sites is 4. The van der Waals surface area contributed by atoms with Gasteiger partial charge in [-0.15, -0.1) is 0 Å². The van der Waals surface area contributed by atoms with E-state index in [0.29, 0.717) is 6.54 Å². The molecule has 3 aromatic heterocycles. The van der Waals surface area contributed by atoms with E-state index >= 15 is 0 Å². The first-order chi connectivity index (χ1) is 24.8. The average Bonchev–Trinajstić information content (AvgIpc) is 3.71. The predicted molar refractivity (Wildman–Crippen MR) is 209 cm³/mol. The second-order valence-corrected chi connectivity index (χ2v) is 13.0. The number of nitrogens with zero attached hydrogens (tertiary/aromatic N) is 4. The molecule has 1 aliphatic rings. The van der Waals surface area contributed by atoms with Gasteiger partial charge in [0.05, 0.1) is 34.3 Å². The number of benzene rings is 6. The molecule has 10 rings (SSSR count). The Morgan fingerprint density at radius 2 is 0.860 bits per heavy atom. The van der Waals surface area contributed by atoms with Crippen molar-refractivity contribution >= 4 is 54.9 Å². The maximum absolute atomic E-state index is 5.02. The lowest BCUT2D eigenvalue weighted by Gasteiger charge is -2.15. The summed E-state index contributed by atoms with van der Waals surface area (Å²) in [4.78, 5) is 9.89. The summed E-state index contributed by atoms with van der Waals surface area (Å²) in [5, 5.41) is 5.09. The highest BCUT2D eigenvalue weighted by Gasteiger charge is 2.15. The van der Waals surface area contributed by atoms with Gasteiger partial charge in [-0.2, -0.15) is 0 Å². The zero-order chi connectivity index (χ0) is 33.0. The largest absolute Gasteiger partial charge is 0.309 e. The Hall–Kier alpha value is -6.52. The van der Waals surface area contributed by atoms with Gasteiger partial charge in [-0.25, -0.2) is 0 Å². The average molecular weight is 641 g/mol. The molecule has 4 nitrogen and oxygen atoms in total. The van der Waals surface area contributed by atoms with Crippen LogP contribution in [0.1, 0.15) is 17.5 Å². The SMILES string of the molecule is C1=C(c2ccc(-c3ccc(-n4c5ccccc5c5ccccc54)cc3)nc2)CN=C(c2ccc(-n3c4ccccc4c4ccccc43)cc2)C1. The van der Waals surface area contributed by atoms with Gasteiger partial charge in [0.1, 0.15) is 0 Å². The van der Waals surface area contributed by atoms with Gasteiger partial charge in [-0.05, 0) is 71.3 Å². The fourth-order valence-corrected chi connectivity index (χ4v) is 7.69. The zero-order valence-electron chi connectivity index (χ0n) is 27.4. The number of aromatic nitrogens is 3. The molecule has 0 saturated heterocycles. The quantitative estimate of drug-likeness (QED) is 0.184. The molecule has 6 aromatic carbocycles. The lowest BCUT2D eigenvalue weighted by molar-refractivity contribution is 1.16. The molecular formula is C46H32N4. The molecule has 0 amide bonds. The van der Waals surface area contributed by atoms with Gasteiger partial charge in [-0.1, -0.05) is 109 Å². The molecule has 0 unspecified atom stereocenters. The minimum atomic E-state index is 0.651. The van der Waals surface area contributed by atoms with Crippen LogP contribution >= 0.6 is 0 Å². The minimum Gasteiger partial charge on any atom is -0.309 e. The summed E-state index contributed by atoms with van der Waals surface area (Å²) in [6.45, 7) is 0.651. The molecule has 0 saturated carbocycles. The molecule has 1 aliphatic heterocycles. The van der Waals surface area contributed by atoms with Crippen LogP contribution in [0.5, 0.6) is 0 Å². The smallest absolute Gasteiger partial charge is 0.0702 e. The highest BCUT2D eigenvalue weighted by molar-refractivity contribution is 6.10. The van der Waals surface area contributed by atoms with Gasteiger partial charge in [0.25, 0.3) is 0 Å². The van der Waals surface area contributed by atoms with E-state index in [1.807, 2.05) is 6.20 Å². The van der Waals surface area contributed by atoms with Gasteiger partial charge >= 0.3 is 0 Å². The van der Waals surface area contributed by atoms with E-state index in [2.05, 4.69) is 173 Å². The molecule has 0 spiro atoms. The number of allylic oxidation sites excluding steroid dienone is 1. The van der Waals surface area contributed by atoms with E-state index in [1.54, 1.807) is 0 Å². The first-order valence-corrected chi connectivity index (χ1v) is 17.2. The maximum Gasteiger partial charge on any atom is 0.0702 e. The summed E-state index contributed by atoms with van der Waals surface area (Å²) < 4.78 is 4.70.